The molecule has 0 aliphatic rings. The molecule has 0 bridgehead atoms. The van der Waals surface area contributed by atoms with Crippen molar-refractivity contribution < 1.29 is 9.90 Å². The minimum absolute atomic E-state index is 0.461. The van der Waals surface area contributed by atoms with E-state index >= 15 is 0 Å². The number of carbonyl (C=O) groups is 1. The lowest BCUT2D eigenvalue weighted by Crippen LogP contribution is -2.34. The third kappa shape index (κ3) is 9.19. The van der Waals surface area contributed by atoms with Gasteiger partial charge in [0.15, 0.2) is 0 Å². The van der Waals surface area contributed by atoms with Gasteiger partial charge >= 0.3 is 6.09 Å². The number of nitrogens with one attached hydrogen (secondary N) is 2. The third-order valence-electron chi connectivity index (χ3n) is 1.31. The molecule has 0 atom stereocenters. The van der Waals surface area contributed by atoms with E-state index in [1.807, 2.05) is 14.1 Å². The molecule has 5 nitrogen and oxygen atoms in total. The minimum Gasteiger partial charge on any atom is -0.465 e. The number of carboxylic acid groups (broad SMARTS) is 1. The first-order valence-corrected chi connectivity index (χ1v) is 3.95. The fourth-order valence-corrected chi connectivity index (χ4v) is 0.685. The van der Waals surface area contributed by atoms with Crippen molar-refractivity contribution >= 4 is 6.09 Å². The zero-order valence-electron chi connectivity index (χ0n) is 7.63. The van der Waals surface area contributed by atoms with Crippen LogP contribution in [0.5, 0.6) is 0 Å². The zero-order chi connectivity index (χ0) is 9.40. The lowest BCUT2D eigenvalue weighted by molar-refractivity contribution is 0.194. The first-order valence-electron chi connectivity index (χ1n) is 3.95. The van der Waals surface area contributed by atoms with Crippen LogP contribution in [0.2, 0.25) is 0 Å². The number of hydrogen-bond donors (Lipinski definition) is 3. The Kier molecular flexibility index (Phi) is 6.41. The van der Waals surface area contributed by atoms with Gasteiger partial charge in [-0.2, -0.15) is 0 Å². The SMILES string of the molecule is CN(C)CCNCCNC(=O)O. The lowest BCUT2D eigenvalue weighted by Gasteiger charge is -2.09. The molecule has 12 heavy (non-hydrogen) atoms. The van der Waals surface area contributed by atoms with Crippen molar-refractivity contribution in [3.8, 4) is 0 Å². The van der Waals surface area contributed by atoms with E-state index in [0.717, 1.165) is 13.1 Å². The van der Waals surface area contributed by atoms with Crippen LogP contribution >= 0.6 is 0 Å². The molecule has 0 radical (unpaired) electrons. The van der Waals surface area contributed by atoms with Gasteiger partial charge in [0, 0.05) is 26.2 Å². The van der Waals surface area contributed by atoms with Crippen LogP contribution in [0.25, 0.3) is 0 Å². The Morgan fingerprint density at radius 3 is 2.50 bits per heavy atom. The van der Waals surface area contributed by atoms with E-state index in [0.29, 0.717) is 13.1 Å². The molecule has 0 aliphatic heterocycles. The van der Waals surface area contributed by atoms with Gasteiger partial charge in [-0.25, -0.2) is 4.79 Å². The molecule has 0 saturated heterocycles. The molecule has 0 saturated carbocycles. The molecule has 0 aliphatic carbocycles. The van der Waals surface area contributed by atoms with Gasteiger partial charge in [-0.05, 0) is 14.1 Å². The van der Waals surface area contributed by atoms with Crippen molar-refractivity contribution in [2.75, 3.05) is 40.3 Å². The maximum absolute atomic E-state index is 9.99. The Hall–Kier alpha value is -0.810. The third-order valence-corrected chi connectivity index (χ3v) is 1.31. The standard InChI is InChI=1S/C7H17N3O2/c1-10(2)6-5-8-3-4-9-7(11)12/h8-9H,3-6H2,1-2H3,(H,11,12). The van der Waals surface area contributed by atoms with E-state index < -0.39 is 6.09 Å². The summed E-state index contributed by atoms with van der Waals surface area (Å²) >= 11 is 0. The molecule has 0 aromatic carbocycles. The average Bonchev–Trinajstić information content (AvgIpc) is 1.95. The first-order chi connectivity index (χ1) is 5.63. The van der Waals surface area contributed by atoms with E-state index in [1.165, 1.54) is 0 Å². The summed E-state index contributed by atoms with van der Waals surface area (Å²) in [6.07, 6.45) is -0.968. The molecule has 0 unspecified atom stereocenters. The largest absolute Gasteiger partial charge is 0.465 e. The monoisotopic (exact) mass is 175 g/mol. The number of amides is 1. The van der Waals surface area contributed by atoms with Crippen LogP contribution in [0.15, 0.2) is 0 Å². The van der Waals surface area contributed by atoms with Crippen LogP contribution in [0.3, 0.4) is 0 Å². The van der Waals surface area contributed by atoms with Gasteiger partial charge in [0.05, 0.1) is 0 Å². The molecule has 1 amide bonds. The fourth-order valence-electron chi connectivity index (χ4n) is 0.685. The van der Waals surface area contributed by atoms with E-state index in [2.05, 4.69) is 15.5 Å². The van der Waals surface area contributed by atoms with Gasteiger partial charge in [-0.3, -0.25) is 0 Å². The highest BCUT2D eigenvalue weighted by molar-refractivity contribution is 5.64. The number of likely N-dealkylation sites (N-methyl/N-ethyl adjacent to an activating group) is 1. The molecule has 0 aromatic heterocycles. The van der Waals surface area contributed by atoms with Gasteiger partial charge in [0.1, 0.15) is 0 Å². The molecule has 5 heteroatoms. The molecule has 0 heterocycles. The van der Waals surface area contributed by atoms with Gasteiger partial charge in [0.25, 0.3) is 0 Å². The summed E-state index contributed by atoms with van der Waals surface area (Å²) in [7, 11) is 3.99. The summed E-state index contributed by atoms with van der Waals surface area (Å²) in [6.45, 7) is 2.99. The smallest absolute Gasteiger partial charge is 0.404 e. The summed E-state index contributed by atoms with van der Waals surface area (Å²) in [6, 6.07) is 0. The predicted molar refractivity (Wildman–Crippen MR) is 47.5 cm³/mol. The first kappa shape index (κ1) is 11.2. The van der Waals surface area contributed by atoms with Crippen molar-refractivity contribution in [3.05, 3.63) is 0 Å². The van der Waals surface area contributed by atoms with Crippen LogP contribution in [0.4, 0.5) is 4.79 Å². The second kappa shape index (κ2) is 6.87. The van der Waals surface area contributed by atoms with Crippen LogP contribution in [-0.4, -0.2) is 56.4 Å². The Balaban J connectivity index is 2.96. The molecule has 72 valence electrons. The van der Waals surface area contributed by atoms with Gasteiger partial charge in [0.2, 0.25) is 0 Å². The van der Waals surface area contributed by atoms with E-state index in [9.17, 15) is 4.79 Å². The molecule has 3 N–H and O–H groups in total. The number of hydrogen-bond acceptors (Lipinski definition) is 3. The van der Waals surface area contributed by atoms with Gasteiger partial charge in [-0.1, -0.05) is 0 Å². The van der Waals surface area contributed by atoms with Crippen LogP contribution in [0.1, 0.15) is 0 Å². The van der Waals surface area contributed by atoms with E-state index in [4.69, 9.17) is 5.11 Å². The van der Waals surface area contributed by atoms with Crippen molar-refractivity contribution in [2.45, 2.75) is 0 Å². The molecule has 0 aromatic rings. The number of rotatable bonds is 6. The zero-order valence-corrected chi connectivity index (χ0v) is 7.63. The minimum atomic E-state index is -0.968. The summed E-state index contributed by atoms with van der Waals surface area (Å²) < 4.78 is 0. The average molecular weight is 175 g/mol. The normalized spacial score (nSPS) is 10.2. The summed E-state index contributed by atoms with van der Waals surface area (Å²) in [4.78, 5) is 12.1. The predicted octanol–water partition coefficient (Wildman–Crippen LogP) is -0.595. The maximum Gasteiger partial charge on any atom is 0.404 e. The van der Waals surface area contributed by atoms with Crippen molar-refractivity contribution in [2.24, 2.45) is 0 Å². The Morgan fingerprint density at radius 1 is 1.33 bits per heavy atom. The highest BCUT2D eigenvalue weighted by Crippen LogP contribution is 1.69. The van der Waals surface area contributed by atoms with Crippen LogP contribution < -0.4 is 10.6 Å². The topological polar surface area (TPSA) is 64.6 Å². The quantitative estimate of drug-likeness (QED) is 0.472. The second-order valence-corrected chi connectivity index (χ2v) is 2.79. The summed E-state index contributed by atoms with van der Waals surface area (Å²) in [5, 5.41) is 13.6. The van der Waals surface area contributed by atoms with Crippen LogP contribution in [0, 0.1) is 0 Å². The summed E-state index contributed by atoms with van der Waals surface area (Å²) in [5.41, 5.74) is 0. The Morgan fingerprint density at radius 2 is 2.00 bits per heavy atom. The highest BCUT2D eigenvalue weighted by atomic mass is 16.4. The van der Waals surface area contributed by atoms with Crippen molar-refractivity contribution in [1.82, 2.24) is 15.5 Å². The summed E-state index contributed by atoms with van der Waals surface area (Å²) in [5.74, 6) is 0. The Labute approximate surface area is 72.7 Å². The molecule has 0 fully saturated rings. The highest BCUT2D eigenvalue weighted by Gasteiger charge is 1.92. The molecule has 0 rings (SSSR count). The Bertz CT molecular complexity index is 128. The van der Waals surface area contributed by atoms with E-state index in [-0.39, 0.29) is 0 Å². The molecule has 0 spiro atoms. The fraction of sp³-hybridized carbons (Fsp3) is 0.857. The van der Waals surface area contributed by atoms with Crippen molar-refractivity contribution in [1.29, 1.82) is 0 Å². The van der Waals surface area contributed by atoms with Crippen LogP contribution in [-0.2, 0) is 0 Å². The van der Waals surface area contributed by atoms with E-state index in [1.54, 1.807) is 0 Å². The van der Waals surface area contributed by atoms with Gasteiger partial charge in [-0.15, -0.1) is 0 Å². The van der Waals surface area contributed by atoms with Gasteiger partial charge < -0.3 is 20.6 Å². The second-order valence-electron chi connectivity index (χ2n) is 2.79. The van der Waals surface area contributed by atoms with Crippen molar-refractivity contribution in [3.63, 3.8) is 0 Å². The maximum atomic E-state index is 9.99. The lowest BCUT2D eigenvalue weighted by atomic mass is 10.5. The molecular weight excluding hydrogens is 158 g/mol. The number of nitrogens with zero attached hydrogens (tertiary/aromatic N) is 1. The molecular formula is C7H17N3O2.